The van der Waals surface area contributed by atoms with Gasteiger partial charge in [0, 0.05) is 25.2 Å². The minimum absolute atomic E-state index is 0.287. The summed E-state index contributed by atoms with van der Waals surface area (Å²) in [5, 5.41) is 13.4. The summed E-state index contributed by atoms with van der Waals surface area (Å²) in [4.78, 5) is 11.1. The van der Waals surface area contributed by atoms with E-state index in [1.165, 1.54) is 0 Å². The minimum atomic E-state index is 0.287. The Labute approximate surface area is 133 Å². The molecule has 7 nitrogen and oxygen atoms in total. The summed E-state index contributed by atoms with van der Waals surface area (Å²) in [5.41, 5.74) is 1.39. The number of rotatable bonds is 2. The van der Waals surface area contributed by atoms with Gasteiger partial charge in [0.05, 0.1) is 0 Å². The number of piperidine rings is 1. The van der Waals surface area contributed by atoms with Crippen LogP contribution in [0, 0.1) is 18.3 Å². The van der Waals surface area contributed by atoms with Gasteiger partial charge in [-0.1, -0.05) is 11.2 Å². The lowest BCUT2D eigenvalue weighted by molar-refractivity contribution is 0.327. The summed E-state index contributed by atoms with van der Waals surface area (Å²) >= 11 is 0. The number of fused-ring (bicyclic) bond motifs is 1. The highest BCUT2D eigenvalue weighted by Gasteiger charge is 2.27. The maximum atomic E-state index is 9.50. The molecule has 23 heavy (non-hydrogen) atoms. The van der Waals surface area contributed by atoms with Crippen LogP contribution in [0.1, 0.15) is 36.2 Å². The molecule has 4 rings (SSSR count). The Morgan fingerprint density at radius 1 is 1.26 bits per heavy atom. The minimum Gasteiger partial charge on any atom is -0.354 e. The van der Waals surface area contributed by atoms with Gasteiger partial charge >= 0.3 is 0 Å². The SMILES string of the molecule is Cc1noc(C2CCN(c3nc4ccccn4c3C#N)CC2)n1. The zero-order valence-corrected chi connectivity index (χ0v) is 12.8. The molecule has 1 aliphatic rings. The van der Waals surface area contributed by atoms with Gasteiger partial charge in [-0.2, -0.15) is 10.2 Å². The summed E-state index contributed by atoms with van der Waals surface area (Å²) in [6.07, 6.45) is 3.71. The van der Waals surface area contributed by atoms with Gasteiger partial charge in [-0.3, -0.25) is 4.40 Å². The van der Waals surface area contributed by atoms with E-state index < -0.39 is 0 Å². The second kappa shape index (κ2) is 5.39. The van der Waals surface area contributed by atoms with Crippen molar-refractivity contribution in [3.05, 3.63) is 41.8 Å². The van der Waals surface area contributed by atoms with Gasteiger partial charge in [0.15, 0.2) is 17.3 Å². The van der Waals surface area contributed by atoms with Crippen LogP contribution in [-0.4, -0.2) is 32.6 Å². The van der Waals surface area contributed by atoms with Crippen molar-refractivity contribution in [1.82, 2.24) is 19.5 Å². The third-order valence-electron chi connectivity index (χ3n) is 4.30. The maximum Gasteiger partial charge on any atom is 0.229 e. The number of aromatic nitrogens is 4. The molecule has 0 N–H and O–H groups in total. The van der Waals surface area contributed by atoms with Crippen molar-refractivity contribution in [2.24, 2.45) is 0 Å². The lowest BCUT2D eigenvalue weighted by Crippen LogP contribution is -2.33. The van der Waals surface area contributed by atoms with Gasteiger partial charge in [0.2, 0.25) is 5.89 Å². The van der Waals surface area contributed by atoms with Gasteiger partial charge in [0.1, 0.15) is 11.7 Å². The zero-order chi connectivity index (χ0) is 15.8. The molecule has 1 saturated heterocycles. The van der Waals surface area contributed by atoms with E-state index in [1.807, 2.05) is 35.7 Å². The number of aryl methyl sites for hydroxylation is 1. The first kappa shape index (κ1) is 13.8. The number of nitriles is 1. The molecular weight excluding hydrogens is 292 g/mol. The Kier molecular flexibility index (Phi) is 3.23. The topological polar surface area (TPSA) is 83.3 Å². The predicted molar refractivity (Wildman–Crippen MR) is 83.1 cm³/mol. The van der Waals surface area contributed by atoms with Gasteiger partial charge in [-0.25, -0.2) is 4.98 Å². The normalized spacial score (nSPS) is 15.9. The summed E-state index contributed by atoms with van der Waals surface area (Å²) in [6, 6.07) is 8.03. The molecule has 7 heteroatoms. The van der Waals surface area contributed by atoms with Crippen LogP contribution < -0.4 is 4.90 Å². The lowest BCUT2D eigenvalue weighted by atomic mass is 9.97. The van der Waals surface area contributed by atoms with Crippen molar-refractivity contribution in [3.63, 3.8) is 0 Å². The van der Waals surface area contributed by atoms with Crippen molar-refractivity contribution >= 4 is 11.5 Å². The molecule has 0 spiro atoms. The molecule has 0 bridgehead atoms. The quantitative estimate of drug-likeness (QED) is 0.722. The summed E-state index contributed by atoms with van der Waals surface area (Å²) in [5.74, 6) is 2.45. The van der Waals surface area contributed by atoms with E-state index in [2.05, 4.69) is 26.1 Å². The number of hydrogen-bond donors (Lipinski definition) is 0. The molecule has 116 valence electrons. The van der Waals surface area contributed by atoms with Crippen LogP contribution in [0.5, 0.6) is 0 Å². The van der Waals surface area contributed by atoms with Crippen LogP contribution in [0.2, 0.25) is 0 Å². The van der Waals surface area contributed by atoms with Gasteiger partial charge in [0.25, 0.3) is 0 Å². The second-order valence-corrected chi connectivity index (χ2v) is 5.77. The first-order valence-electron chi connectivity index (χ1n) is 7.68. The Balaban J connectivity index is 1.58. The van der Waals surface area contributed by atoms with Crippen molar-refractivity contribution in [2.75, 3.05) is 18.0 Å². The monoisotopic (exact) mass is 308 g/mol. The average Bonchev–Trinajstić information content (AvgIpc) is 3.18. The van der Waals surface area contributed by atoms with Crippen LogP contribution >= 0.6 is 0 Å². The fourth-order valence-electron chi connectivity index (χ4n) is 3.12. The number of pyridine rings is 1. The highest BCUT2D eigenvalue weighted by atomic mass is 16.5. The van der Waals surface area contributed by atoms with E-state index >= 15 is 0 Å². The number of anilines is 1. The smallest absolute Gasteiger partial charge is 0.229 e. The van der Waals surface area contributed by atoms with Gasteiger partial charge < -0.3 is 9.42 Å². The standard InChI is InChI=1S/C16H16N6O/c1-11-18-16(23-20-11)12-5-8-21(9-6-12)15-13(10-17)22-7-3-2-4-14(22)19-15/h2-4,7,12H,5-6,8-9H2,1H3. The summed E-state index contributed by atoms with van der Waals surface area (Å²) in [6.45, 7) is 3.48. The van der Waals surface area contributed by atoms with E-state index in [4.69, 9.17) is 4.52 Å². The molecule has 0 atom stereocenters. The molecule has 0 amide bonds. The van der Waals surface area contributed by atoms with Crippen LogP contribution in [-0.2, 0) is 0 Å². The van der Waals surface area contributed by atoms with Crippen LogP contribution in [0.4, 0.5) is 5.82 Å². The highest BCUT2D eigenvalue weighted by Crippen LogP contribution is 2.30. The molecule has 0 aromatic carbocycles. The first-order chi connectivity index (χ1) is 11.3. The van der Waals surface area contributed by atoms with Gasteiger partial charge in [-0.05, 0) is 31.9 Å². The third-order valence-corrected chi connectivity index (χ3v) is 4.30. The van der Waals surface area contributed by atoms with Crippen LogP contribution in [0.15, 0.2) is 28.9 Å². The number of nitrogens with zero attached hydrogens (tertiary/aromatic N) is 6. The fraction of sp³-hybridized carbons (Fsp3) is 0.375. The third kappa shape index (κ3) is 2.32. The predicted octanol–water partition coefficient (Wildman–Crippen LogP) is 2.28. The Morgan fingerprint density at radius 3 is 2.78 bits per heavy atom. The van der Waals surface area contributed by atoms with Crippen LogP contribution in [0.3, 0.4) is 0 Å². The summed E-state index contributed by atoms with van der Waals surface area (Å²) < 4.78 is 7.12. The van der Waals surface area contributed by atoms with E-state index in [1.54, 1.807) is 0 Å². The van der Waals surface area contributed by atoms with Crippen LogP contribution in [0.25, 0.3) is 5.65 Å². The van der Waals surface area contributed by atoms with Crippen molar-refractivity contribution in [2.45, 2.75) is 25.7 Å². The molecule has 0 aliphatic carbocycles. The van der Waals surface area contributed by atoms with Crippen molar-refractivity contribution in [1.29, 1.82) is 5.26 Å². The first-order valence-corrected chi connectivity index (χ1v) is 7.68. The molecule has 0 radical (unpaired) electrons. The molecule has 3 aromatic heterocycles. The molecule has 1 aliphatic heterocycles. The molecule has 0 saturated carbocycles. The Bertz CT molecular complexity index is 881. The van der Waals surface area contributed by atoms with E-state index in [0.717, 1.165) is 43.3 Å². The van der Waals surface area contributed by atoms with Gasteiger partial charge in [-0.15, -0.1) is 0 Å². The Morgan fingerprint density at radius 2 is 2.09 bits per heavy atom. The summed E-state index contributed by atoms with van der Waals surface area (Å²) in [7, 11) is 0. The molecule has 1 fully saturated rings. The molecular formula is C16H16N6O. The fourth-order valence-corrected chi connectivity index (χ4v) is 3.12. The lowest BCUT2D eigenvalue weighted by Gasteiger charge is -2.30. The largest absolute Gasteiger partial charge is 0.354 e. The molecule has 0 unspecified atom stereocenters. The highest BCUT2D eigenvalue weighted by molar-refractivity contribution is 5.60. The van der Waals surface area contributed by atoms with Crippen molar-refractivity contribution < 1.29 is 4.52 Å². The molecule has 3 aromatic rings. The number of imidazole rings is 1. The van der Waals surface area contributed by atoms with E-state index in [0.29, 0.717) is 11.5 Å². The zero-order valence-electron chi connectivity index (χ0n) is 12.8. The molecule has 4 heterocycles. The van der Waals surface area contributed by atoms with E-state index in [-0.39, 0.29) is 5.92 Å². The van der Waals surface area contributed by atoms with Crippen molar-refractivity contribution in [3.8, 4) is 6.07 Å². The Hall–Kier alpha value is -2.88. The maximum absolute atomic E-state index is 9.50. The number of hydrogen-bond acceptors (Lipinski definition) is 6. The second-order valence-electron chi connectivity index (χ2n) is 5.77. The average molecular weight is 308 g/mol. The van der Waals surface area contributed by atoms with E-state index in [9.17, 15) is 5.26 Å².